The summed E-state index contributed by atoms with van der Waals surface area (Å²) in [5.41, 5.74) is 4.11. The molecule has 0 radical (unpaired) electrons. The molecule has 0 amide bonds. The number of furan rings is 1. The van der Waals surface area contributed by atoms with Crippen molar-refractivity contribution in [2.75, 3.05) is 13.1 Å². The molecule has 130 valence electrons. The first-order chi connectivity index (χ1) is 12.0. The van der Waals surface area contributed by atoms with Crippen LogP contribution in [0.3, 0.4) is 0 Å². The Bertz CT molecular complexity index is 910. The van der Waals surface area contributed by atoms with Crippen molar-refractivity contribution < 1.29 is 9.34 Å². The maximum atomic E-state index is 11.5. The largest absolute Gasteiger partial charge is 0.442 e. The van der Waals surface area contributed by atoms with Crippen LogP contribution in [0.15, 0.2) is 46.9 Å². The number of nitro groups is 1. The molecule has 0 aliphatic rings. The third kappa shape index (κ3) is 3.42. The molecule has 0 fully saturated rings. The standard InChI is InChI=1S/C20H22N2O3/c1-4-21(5-2)13-15-7-6-8-16(12-15)19-17-11-14(3)9-10-18(17)25-20(19)22(23)24/h6-12H,4-5,13H2,1-3H3. The second-order valence-corrected chi connectivity index (χ2v) is 6.20. The molecule has 0 saturated carbocycles. The quantitative estimate of drug-likeness (QED) is 0.460. The van der Waals surface area contributed by atoms with Gasteiger partial charge in [-0.05, 0) is 49.3 Å². The van der Waals surface area contributed by atoms with Crippen molar-refractivity contribution in [2.45, 2.75) is 27.3 Å². The Balaban J connectivity index is 2.14. The first kappa shape index (κ1) is 17.2. The summed E-state index contributed by atoms with van der Waals surface area (Å²) >= 11 is 0. The fraction of sp³-hybridized carbons (Fsp3) is 0.300. The molecule has 1 heterocycles. The van der Waals surface area contributed by atoms with Crippen LogP contribution in [-0.4, -0.2) is 22.9 Å². The molecule has 1 aromatic heterocycles. The summed E-state index contributed by atoms with van der Waals surface area (Å²) in [6.45, 7) is 8.99. The van der Waals surface area contributed by atoms with Crippen LogP contribution < -0.4 is 0 Å². The molecule has 0 unspecified atom stereocenters. The van der Waals surface area contributed by atoms with Gasteiger partial charge in [0.25, 0.3) is 0 Å². The van der Waals surface area contributed by atoms with Crippen molar-refractivity contribution in [3.63, 3.8) is 0 Å². The fourth-order valence-corrected chi connectivity index (χ4v) is 3.14. The number of hydrogen-bond donors (Lipinski definition) is 0. The second-order valence-electron chi connectivity index (χ2n) is 6.20. The molecular formula is C20H22N2O3. The Labute approximate surface area is 147 Å². The topological polar surface area (TPSA) is 59.5 Å². The van der Waals surface area contributed by atoms with E-state index in [0.717, 1.165) is 41.7 Å². The van der Waals surface area contributed by atoms with Gasteiger partial charge in [0.2, 0.25) is 0 Å². The predicted octanol–water partition coefficient (Wildman–Crippen LogP) is 5.16. The van der Waals surface area contributed by atoms with Gasteiger partial charge in [-0.1, -0.05) is 43.7 Å². The van der Waals surface area contributed by atoms with E-state index in [1.807, 2.05) is 37.3 Å². The number of rotatable bonds is 6. The lowest BCUT2D eigenvalue weighted by molar-refractivity contribution is -0.400. The lowest BCUT2D eigenvalue weighted by Gasteiger charge is -2.18. The SMILES string of the molecule is CCN(CC)Cc1cccc(-c2c([N+](=O)[O-])oc3ccc(C)cc23)c1. The minimum atomic E-state index is -0.443. The molecule has 0 bridgehead atoms. The normalized spacial score (nSPS) is 11.4. The van der Waals surface area contributed by atoms with E-state index in [9.17, 15) is 10.1 Å². The van der Waals surface area contributed by atoms with Gasteiger partial charge in [0.1, 0.15) is 16.1 Å². The number of hydrogen-bond acceptors (Lipinski definition) is 4. The Hall–Kier alpha value is -2.66. The lowest BCUT2D eigenvalue weighted by Crippen LogP contribution is -2.22. The molecule has 5 nitrogen and oxygen atoms in total. The zero-order valence-electron chi connectivity index (χ0n) is 14.8. The number of aryl methyl sites for hydroxylation is 1. The molecule has 0 atom stereocenters. The molecule has 0 spiro atoms. The van der Waals surface area contributed by atoms with Gasteiger partial charge in [-0.15, -0.1) is 0 Å². The van der Waals surface area contributed by atoms with Crippen molar-refractivity contribution in [3.8, 4) is 11.1 Å². The fourth-order valence-electron chi connectivity index (χ4n) is 3.14. The highest BCUT2D eigenvalue weighted by atomic mass is 16.6. The van der Waals surface area contributed by atoms with Gasteiger partial charge in [-0.25, -0.2) is 0 Å². The molecule has 25 heavy (non-hydrogen) atoms. The third-order valence-corrected chi connectivity index (χ3v) is 4.51. The van der Waals surface area contributed by atoms with Crippen LogP contribution in [0.1, 0.15) is 25.0 Å². The summed E-state index contributed by atoms with van der Waals surface area (Å²) in [5, 5.41) is 12.3. The van der Waals surface area contributed by atoms with Crippen molar-refractivity contribution in [1.29, 1.82) is 0 Å². The van der Waals surface area contributed by atoms with Crippen LogP contribution >= 0.6 is 0 Å². The van der Waals surface area contributed by atoms with E-state index < -0.39 is 4.92 Å². The molecule has 0 saturated heterocycles. The van der Waals surface area contributed by atoms with Crippen molar-refractivity contribution in [1.82, 2.24) is 4.90 Å². The smallest absolute Gasteiger partial charge is 0.400 e. The molecule has 0 N–H and O–H groups in total. The summed E-state index contributed by atoms with van der Waals surface area (Å²) in [4.78, 5) is 13.4. The lowest BCUT2D eigenvalue weighted by atomic mass is 10.0. The highest BCUT2D eigenvalue weighted by molar-refractivity contribution is 5.99. The van der Waals surface area contributed by atoms with Crippen molar-refractivity contribution in [3.05, 3.63) is 63.7 Å². The van der Waals surface area contributed by atoms with Crippen molar-refractivity contribution in [2.24, 2.45) is 0 Å². The van der Waals surface area contributed by atoms with Gasteiger partial charge in [0.05, 0.1) is 0 Å². The molecule has 0 aliphatic carbocycles. The predicted molar refractivity (Wildman–Crippen MR) is 99.7 cm³/mol. The van der Waals surface area contributed by atoms with Gasteiger partial charge in [0, 0.05) is 11.9 Å². The summed E-state index contributed by atoms with van der Waals surface area (Å²) in [6, 6.07) is 13.6. The minimum Gasteiger partial charge on any atom is -0.400 e. The summed E-state index contributed by atoms with van der Waals surface area (Å²) < 4.78 is 5.52. The van der Waals surface area contributed by atoms with E-state index in [1.165, 1.54) is 0 Å². The molecule has 5 heteroatoms. The van der Waals surface area contributed by atoms with Gasteiger partial charge in [-0.2, -0.15) is 0 Å². The van der Waals surface area contributed by atoms with Crippen LogP contribution in [0.2, 0.25) is 0 Å². The van der Waals surface area contributed by atoms with Gasteiger partial charge in [-0.3, -0.25) is 15.0 Å². The highest BCUT2D eigenvalue weighted by Crippen LogP contribution is 2.40. The average Bonchev–Trinajstić information content (AvgIpc) is 2.98. The van der Waals surface area contributed by atoms with E-state index in [2.05, 4.69) is 24.8 Å². The molecule has 0 aliphatic heterocycles. The Kier molecular flexibility index (Phi) is 4.86. The van der Waals surface area contributed by atoms with E-state index in [-0.39, 0.29) is 5.88 Å². The minimum absolute atomic E-state index is 0.194. The summed E-state index contributed by atoms with van der Waals surface area (Å²) in [6.07, 6.45) is 0. The Morgan fingerprint density at radius 1 is 1.12 bits per heavy atom. The van der Waals surface area contributed by atoms with Gasteiger partial charge in [0.15, 0.2) is 0 Å². The average molecular weight is 338 g/mol. The molecule has 3 aromatic rings. The van der Waals surface area contributed by atoms with Crippen LogP contribution in [-0.2, 0) is 6.54 Å². The molecule has 3 rings (SSSR count). The van der Waals surface area contributed by atoms with Crippen LogP contribution in [0, 0.1) is 17.0 Å². The first-order valence-electron chi connectivity index (χ1n) is 8.52. The van der Waals surface area contributed by atoms with E-state index in [0.29, 0.717) is 11.1 Å². The zero-order valence-corrected chi connectivity index (χ0v) is 14.8. The van der Waals surface area contributed by atoms with E-state index in [4.69, 9.17) is 4.42 Å². The second kappa shape index (κ2) is 7.07. The van der Waals surface area contributed by atoms with E-state index in [1.54, 1.807) is 6.07 Å². The number of benzene rings is 2. The number of nitrogens with zero attached hydrogens (tertiary/aromatic N) is 2. The molecule has 2 aromatic carbocycles. The summed E-state index contributed by atoms with van der Waals surface area (Å²) in [5.74, 6) is -0.194. The van der Waals surface area contributed by atoms with Gasteiger partial charge >= 0.3 is 5.88 Å². The molecular weight excluding hydrogens is 316 g/mol. The highest BCUT2D eigenvalue weighted by Gasteiger charge is 2.25. The number of fused-ring (bicyclic) bond motifs is 1. The van der Waals surface area contributed by atoms with Crippen LogP contribution in [0.25, 0.3) is 22.1 Å². The maximum Gasteiger partial charge on any atom is 0.442 e. The van der Waals surface area contributed by atoms with Gasteiger partial charge < -0.3 is 4.42 Å². The Morgan fingerprint density at radius 2 is 1.88 bits per heavy atom. The third-order valence-electron chi connectivity index (χ3n) is 4.51. The monoisotopic (exact) mass is 338 g/mol. The summed E-state index contributed by atoms with van der Waals surface area (Å²) in [7, 11) is 0. The zero-order chi connectivity index (χ0) is 18.0. The van der Waals surface area contributed by atoms with Crippen LogP contribution in [0.5, 0.6) is 0 Å². The first-order valence-corrected chi connectivity index (χ1v) is 8.52. The van der Waals surface area contributed by atoms with E-state index >= 15 is 0 Å². The van der Waals surface area contributed by atoms with Crippen molar-refractivity contribution >= 4 is 16.9 Å². The Morgan fingerprint density at radius 3 is 2.56 bits per heavy atom. The van der Waals surface area contributed by atoms with Crippen LogP contribution in [0.4, 0.5) is 5.88 Å². The maximum absolute atomic E-state index is 11.5.